The maximum Gasteiger partial charge on any atom is 0.243 e. The number of amides is 1. The van der Waals surface area contributed by atoms with Gasteiger partial charge >= 0.3 is 0 Å². The number of piperidine rings is 1. The zero-order valence-corrected chi connectivity index (χ0v) is 12.1. The summed E-state index contributed by atoms with van der Waals surface area (Å²) in [6, 6.07) is 0. The molecule has 1 fully saturated rings. The van der Waals surface area contributed by atoms with Gasteiger partial charge in [0.25, 0.3) is 0 Å². The second kappa shape index (κ2) is 5.14. The van der Waals surface area contributed by atoms with E-state index in [9.17, 15) is 13.2 Å². The fourth-order valence-electron chi connectivity index (χ4n) is 1.83. The lowest BCUT2D eigenvalue weighted by atomic mass is 9.98. The highest BCUT2D eigenvalue weighted by molar-refractivity contribution is 7.92. The lowest BCUT2D eigenvalue weighted by Gasteiger charge is -2.35. The summed E-state index contributed by atoms with van der Waals surface area (Å²) >= 11 is 5.77. The van der Waals surface area contributed by atoms with Crippen LogP contribution in [0, 0.1) is 5.92 Å². The molecule has 6 heteroatoms. The Labute approximate surface area is 108 Å². The maximum atomic E-state index is 12.2. The van der Waals surface area contributed by atoms with Crippen molar-refractivity contribution >= 4 is 27.3 Å². The van der Waals surface area contributed by atoms with Gasteiger partial charge < -0.3 is 4.90 Å². The first-order valence-electron chi connectivity index (χ1n) is 5.75. The highest BCUT2D eigenvalue weighted by Crippen LogP contribution is 2.24. The van der Waals surface area contributed by atoms with E-state index in [-0.39, 0.29) is 5.91 Å². The molecule has 0 radical (unpaired) electrons. The summed E-state index contributed by atoms with van der Waals surface area (Å²) in [6.45, 7) is 4.15. The van der Waals surface area contributed by atoms with Crippen LogP contribution in [-0.2, 0) is 14.6 Å². The molecule has 0 spiro atoms. The number of hydrogen-bond donors (Lipinski definition) is 0. The van der Waals surface area contributed by atoms with Gasteiger partial charge in [-0.1, -0.05) is 0 Å². The van der Waals surface area contributed by atoms with E-state index in [4.69, 9.17) is 11.6 Å². The van der Waals surface area contributed by atoms with Crippen molar-refractivity contribution < 1.29 is 13.2 Å². The predicted octanol–water partition coefficient (Wildman–Crippen LogP) is 1.29. The summed E-state index contributed by atoms with van der Waals surface area (Å²) in [4.78, 5) is 13.8. The summed E-state index contributed by atoms with van der Waals surface area (Å²) in [5.41, 5.74) is 0. The molecule has 0 aromatic rings. The van der Waals surface area contributed by atoms with E-state index in [1.807, 2.05) is 0 Å². The molecule has 1 heterocycles. The molecule has 0 aromatic heterocycles. The van der Waals surface area contributed by atoms with Crippen LogP contribution in [-0.4, -0.2) is 49.2 Å². The lowest BCUT2D eigenvalue weighted by molar-refractivity contribution is -0.134. The summed E-state index contributed by atoms with van der Waals surface area (Å²) in [7, 11) is -3.39. The zero-order chi connectivity index (χ0) is 13.3. The monoisotopic (exact) mass is 281 g/mol. The zero-order valence-electron chi connectivity index (χ0n) is 10.6. The fourth-order valence-corrected chi connectivity index (χ4v) is 2.58. The third-order valence-electron chi connectivity index (χ3n) is 3.56. The Bertz CT molecular complexity index is 384. The number of carbonyl (C=O) groups excluding carboxylic acids is 1. The molecular formula is C11H20ClNO3S. The molecule has 1 aliphatic rings. The van der Waals surface area contributed by atoms with E-state index < -0.39 is 14.6 Å². The highest BCUT2D eigenvalue weighted by Gasteiger charge is 2.41. The Balaban J connectivity index is 2.73. The largest absolute Gasteiger partial charge is 0.341 e. The van der Waals surface area contributed by atoms with Crippen molar-refractivity contribution in [3.8, 4) is 0 Å². The van der Waals surface area contributed by atoms with Crippen molar-refractivity contribution in [2.75, 3.05) is 25.2 Å². The van der Waals surface area contributed by atoms with Gasteiger partial charge in [0.1, 0.15) is 4.75 Å². The average molecular weight is 282 g/mol. The van der Waals surface area contributed by atoms with Gasteiger partial charge in [-0.2, -0.15) is 0 Å². The van der Waals surface area contributed by atoms with Crippen LogP contribution in [0.3, 0.4) is 0 Å². The van der Waals surface area contributed by atoms with Gasteiger partial charge in [-0.3, -0.25) is 4.79 Å². The SMILES string of the molecule is CC(C)(C(=O)N1CCC(CCl)CC1)S(C)(=O)=O. The molecule has 0 aliphatic carbocycles. The van der Waals surface area contributed by atoms with Crippen LogP contribution in [0.1, 0.15) is 26.7 Å². The third-order valence-corrected chi connectivity index (χ3v) is 6.03. The van der Waals surface area contributed by atoms with Crippen LogP contribution in [0.4, 0.5) is 0 Å². The Morgan fingerprint density at radius 3 is 2.18 bits per heavy atom. The van der Waals surface area contributed by atoms with E-state index in [0.29, 0.717) is 24.9 Å². The molecule has 0 unspecified atom stereocenters. The van der Waals surface area contributed by atoms with Crippen LogP contribution in [0.15, 0.2) is 0 Å². The smallest absolute Gasteiger partial charge is 0.243 e. The summed E-state index contributed by atoms with van der Waals surface area (Å²) < 4.78 is 21.8. The standard InChI is InChI=1S/C11H20ClNO3S/c1-11(2,17(3,15)16)10(14)13-6-4-9(8-12)5-7-13/h9H,4-8H2,1-3H3. The van der Waals surface area contributed by atoms with Crippen molar-refractivity contribution in [1.29, 1.82) is 0 Å². The van der Waals surface area contributed by atoms with E-state index in [2.05, 4.69) is 0 Å². The normalized spacial score (nSPS) is 19.4. The van der Waals surface area contributed by atoms with Crippen LogP contribution in [0.25, 0.3) is 0 Å². The second-order valence-electron chi connectivity index (χ2n) is 5.17. The van der Waals surface area contributed by atoms with Gasteiger partial charge in [0.15, 0.2) is 9.84 Å². The molecule has 0 aromatic carbocycles. The molecule has 100 valence electrons. The molecule has 1 saturated heterocycles. The minimum Gasteiger partial charge on any atom is -0.341 e. The van der Waals surface area contributed by atoms with Crippen molar-refractivity contribution in [2.45, 2.75) is 31.4 Å². The van der Waals surface area contributed by atoms with Crippen molar-refractivity contribution in [1.82, 2.24) is 4.90 Å². The number of likely N-dealkylation sites (tertiary alicyclic amines) is 1. The number of carbonyl (C=O) groups is 1. The minimum absolute atomic E-state index is 0.298. The van der Waals surface area contributed by atoms with Crippen molar-refractivity contribution in [3.63, 3.8) is 0 Å². The Kier molecular flexibility index (Phi) is 4.47. The number of hydrogen-bond acceptors (Lipinski definition) is 3. The van der Waals surface area contributed by atoms with Gasteiger partial charge in [0, 0.05) is 25.2 Å². The minimum atomic E-state index is -3.39. The molecule has 0 N–H and O–H groups in total. The van der Waals surface area contributed by atoms with Crippen LogP contribution >= 0.6 is 11.6 Å². The molecule has 0 bridgehead atoms. The molecule has 1 rings (SSSR count). The first kappa shape index (κ1) is 14.8. The van der Waals surface area contributed by atoms with E-state index >= 15 is 0 Å². The second-order valence-corrected chi connectivity index (χ2v) is 8.05. The van der Waals surface area contributed by atoms with Crippen LogP contribution < -0.4 is 0 Å². The third kappa shape index (κ3) is 3.13. The summed E-state index contributed by atoms with van der Waals surface area (Å²) in [5, 5.41) is 0. The lowest BCUT2D eigenvalue weighted by Crippen LogP contribution is -2.52. The number of alkyl halides is 1. The molecular weight excluding hydrogens is 262 g/mol. The summed E-state index contributed by atoms with van der Waals surface area (Å²) in [5.74, 6) is 0.757. The number of sulfone groups is 1. The molecule has 1 amide bonds. The maximum absolute atomic E-state index is 12.2. The fraction of sp³-hybridized carbons (Fsp3) is 0.909. The summed E-state index contributed by atoms with van der Waals surface area (Å²) in [6.07, 6.45) is 2.82. The van der Waals surface area contributed by atoms with Gasteiger partial charge in [0.05, 0.1) is 0 Å². The number of rotatable bonds is 3. The topological polar surface area (TPSA) is 54.5 Å². The van der Waals surface area contributed by atoms with Crippen LogP contribution in [0.2, 0.25) is 0 Å². The van der Waals surface area contributed by atoms with E-state index in [1.165, 1.54) is 13.8 Å². The molecule has 17 heavy (non-hydrogen) atoms. The Hall–Kier alpha value is -0.290. The highest BCUT2D eigenvalue weighted by atomic mass is 35.5. The molecule has 0 saturated carbocycles. The van der Waals surface area contributed by atoms with Gasteiger partial charge in [-0.05, 0) is 32.6 Å². The van der Waals surface area contributed by atoms with E-state index in [0.717, 1.165) is 19.1 Å². The quantitative estimate of drug-likeness (QED) is 0.733. The molecule has 4 nitrogen and oxygen atoms in total. The van der Waals surface area contributed by atoms with Crippen molar-refractivity contribution in [3.05, 3.63) is 0 Å². The van der Waals surface area contributed by atoms with Crippen LogP contribution in [0.5, 0.6) is 0 Å². The molecule has 0 atom stereocenters. The van der Waals surface area contributed by atoms with Gasteiger partial charge in [-0.15, -0.1) is 11.6 Å². The average Bonchev–Trinajstić information content (AvgIpc) is 2.26. The van der Waals surface area contributed by atoms with E-state index in [1.54, 1.807) is 4.90 Å². The molecule has 1 aliphatic heterocycles. The number of nitrogens with zero attached hydrogens (tertiary/aromatic N) is 1. The Morgan fingerprint density at radius 1 is 1.35 bits per heavy atom. The first-order valence-corrected chi connectivity index (χ1v) is 8.17. The Morgan fingerprint density at radius 2 is 1.82 bits per heavy atom. The van der Waals surface area contributed by atoms with Gasteiger partial charge in [0.2, 0.25) is 5.91 Å². The predicted molar refractivity (Wildman–Crippen MR) is 68.9 cm³/mol. The van der Waals surface area contributed by atoms with Gasteiger partial charge in [-0.25, -0.2) is 8.42 Å². The first-order chi connectivity index (χ1) is 7.70. The van der Waals surface area contributed by atoms with Crippen molar-refractivity contribution in [2.24, 2.45) is 5.92 Å². The number of halogens is 1.